The zero-order valence-corrected chi connectivity index (χ0v) is 13.1. The topological polar surface area (TPSA) is 93.5 Å². The van der Waals surface area contributed by atoms with Crippen molar-refractivity contribution in [2.75, 3.05) is 0 Å². The van der Waals surface area contributed by atoms with Crippen LogP contribution < -0.4 is 4.74 Å². The number of esters is 2. The van der Waals surface area contributed by atoms with E-state index in [2.05, 4.69) is 10.8 Å². The van der Waals surface area contributed by atoms with Gasteiger partial charge in [-0.1, -0.05) is 0 Å². The summed E-state index contributed by atoms with van der Waals surface area (Å²) in [6, 6.07) is 7.35. The molecule has 1 heterocycles. The molecule has 12 heteroatoms. The van der Waals surface area contributed by atoms with Gasteiger partial charge >= 0.3 is 24.3 Å². The van der Waals surface area contributed by atoms with E-state index in [1.54, 1.807) is 12.1 Å². The fraction of sp³-hybridized carbons (Fsp3) is 0.333. The highest BCUT2D eigenvalue weighted by Gasteiger charge is 2.49. The number of halogens is 6. The van der Waals surface area contributed by atoms with Gasteiger partial charge in [0.05, 0.1) is 0 Å². The molecule has 0 bridgehead atoms. The number of aryl methyl sites for hydroxylation is 1. The molecule has 1 aromatic rings. The van der Waals surface area contributed by atoms with Crippen LogP contribution in [0.1, 0.15) is 22.3 Å². The van der Waals surface area contributed by atoms with Gasteiger partial charge in [-0.3, -0.25) is 4.79 Å². The van der Waals surface area contributed by atoms with Crippen molar-refractivity contribution < 1.29 is 50.2 Å². The van der Waals surface area contributed by atoms with Crippen molar-refractivity contribution >= 4 is 18.2 Å². The summed E-state index contributed by atoms with van der Waals surface area (Å²) in [6.07, 6.45) is -9.27. The Morgan fingerprint density at radius 1 is 1.15 bits per heavy atom. The second-order valence-electron chi connectivity index (χ2n) is 4.93. The number of carbonyl (C=O) groups is 3. The summed E-state index contributed by atoms with van der Waals surface area (Å²) in [4.78, 5) is 29.8. The summed E-state index contributed by atoms with van der Waals surface area (Å²) in [7, 11) is 0. The maximum absolute atomic E-state index is 11.2. The highest BCUT2D eigenvalue weighted by Crippen LogP contribution is 2.27. The molecule has 1 aromatic carbocycles. The van der Waals surface area contributed by atoms with Crippen LogP contribution in [-0.4, -0.2) is 36.7 Å². The largest absolute Gasteiger partial charge is 0.491 e. The predicted octanol–water partition coefficient (Wildman–Crippen LogP) is 2.90. The molecule has 1 aliphatic heterocycles. The Morgan fingerprint density at radius 3 is 2.15 bits per heavy atom. The smallest absolute Gasteiger partial charge is 0.475 e. The number of hydrogen-bond donors (Lipinski definition) is 0. The van der Waals surface area contributed by atoms with Crippen LogP contribution in [-0.2, 0) is 20.7 Å². The number of fused-ring (bicyclic) bond motifs is 1. The van der Waals surface area contributed by atoms with E-state index >= 15 is 0 Å². The van der Waals surface area contributed by atoms with Gasteiger partial charge in [0.1, 0.15) is 18.1 Å². The zero-order chi connectivity index (χ0) is 20.8. The molecule has 0 N–H and O–H groups in total. The molecule has 27 heavy (non-hydrogen) atoms. The first-order chi connectivity index (χ1) is 12.4. The molecule has 0 aromatic heterocycles. The second kappa shape index (κ2) is 8.52. The summed E-state index contributed by atoms with van der Waals surface area (Å²) in [5.74, 6) is -5.67. The van der Waals surface area contributed by atoms with E-state index < -0.39 is 24.3 Å². The van der Waals surface area contributed by atoms with Crippen LogP contribution in [0.4, 0.5) is 26.3 Å². The maximum atomic E-state index is 11.2. The van der Waals surface area contributed by atoms with E-state index in [0.717, 1.165) is 24.0 Å². The number of ether oxygens (including phenoxy) is 2. The molecule has 0 aliphatic carbocycles. The van der Waals surface area contributed by atoms with Gasteiger partial charge < -0.3 is 9.47 Å². The first-order valence-corrected chi connectivity index (χ1v) is 6.93. The molecule has 146 valence electrons. The van der Waals surface area contributed by atoms with Crippen LogP contribution in [0.15, 0.2) is 18.2 Å². The Kier molecular flexibility index (Phi) is 6.93. The number of rotatable bonds is 1. The third-order valence-electron chi connectivity index (χ3n) is 2.96. The van der Waals surface area contributed by atoms with E-state index in [-0.39, 0.29) is 6.10 Å². The van der Waals surface area contributed by atoms with E-state index in [4.69, 9.17) is 10.00 Å². The van der Waals surface area contributed by atoms with Gasteiger partial charge in [0.15, 0.2) is 6.10 Å². The Hall–Kier alpha value is -3.10. The lowest BCUT2D eigenvalue weighted by atomic mass is 10.0. The SMILES string of the molecule is N#CC1CCc2cc(C=O)ccc2O1.O=C(OC(=O)C(F)(F)F)C(F)(F)F. The van der Waals surface area contributed by atoms with Crippen LogP contribution >= 0.6 is 0 Å². The van der Waals surface area contributed by atoms with Crippen molar-refractivity contribution in [1.29, 1.82) is 5.26 Å². The third kappa shape index (κ3) is 6.61. The van der Waals surface area contributed by atoms with Crippen molar-refractivity contribution in [1.82, 2.24) is 0 Å². The molecule has 0 saturated carbocycles. The van der Waals surface area contributed by atoms with Gasteiger partial charge in [-0.05, 0) is 30.2 Å². The van der Waals surface area contributed by atoms with Gasteiger partial charge in [-0.15, -0.1) is 0 Å². The Bertz CT molecular complexity index is 741. The number of benzene rings is 1. The third-order valence-corrected chi connectivity index (χ3v) is 2.96. The quantitative estimate of drug-likeness (QED) is 0.313. The average Bonchev–Trinajstić information content (AvgIpc) is 2.59. The zero-order valence-electron chi connectivity index (χ0n) is 13.1. The highest BCUT2D eigenvalue weighted by atomic mass is 19.4. The lowest BCUT2D eigenvalue weighted by molar-refractivity contribution is -0.221. The van der Waals surface area contributed by atoms with Gasteiger partial charge in [0.2, 0.25) is 0 Å². The molecule has 1 unspecified atom stereocenters. The summed E-state index contributed by atoms with van der Waals surface area (Å²) in [6.45, 7) is 0. The number of carbonyl (C=O) groups excluding carboxylic acids is 3. The fourth-order valence-electron chi connectivity index (χ4n) is 1.77. The minimum absolute atomic E-state index is 0.343. The fourth-order valence-corrected chi connectivity index (χ4v) is 1.77. The van der Waals surface area contributed by atoms with Crippen LogP contribution in [0.3, 0.4) is 0 Å². The van der Waals surface area contributed by atoms with Gasteiger partial charge in [0.25, 0.3) is 0 Å². The van der Waals surface area contributed by atoms with Gasteiger partial charge in [-0.2, -0.15) is 31.6 Å². The van der Waals surface area contributed by atoms with Crippen molar-refractivity contribution in [2.24, 2.45) is 0 Å². The first-order valence-electron chi connectivity index (χ1n) is 6.93. The summed E-state index contributed by atoms with van der Waals surface area (Å²) >= 11 is 0. The molecule has 6 nitrogen and oxygen atoms in total. The van der Waals surface area contributed by atoms with Gasteiger partial charge in [0, 0.05) is 12.0 Å². The van der Waals surface area contributed by atoms with E-state index in [1.807, 2.05) is 6.07 Å². The second-order valence-corrected chi connectivity index (χ2v) is 4.93. The van der Waals surface area contributed by atoms with Crippen LogP contribution in [0, 0.1) is 11.3 Å². The number of aldehydes is 1. The standard InChI is InChI=1S/C11H9NO2.C4F6O3/c12-6-10-3-2-9-5-8(7-13)1-4-11(9)14-10;5-3(6,7)1(11)13-2(12)4(8,9)10/h1,4-5,7,10H,2-3H2;. The number of nitriles is 1. The Morgan fingerprint density at radius 2 is 1.70 bits per heavy atom. The lowest BCUT2D eigenvalue weighted by Crippen LogP contribution is -2.34. The van der Waals surface area contributed by atoms with Crippen molar-refractivity contribution in [3.8, 4) is 11.8 Å². The first kappa shape index (κ1) is 21.9. The monoisotopic (exact) mass is 397 g/mol. The van der Waals surface area contributed by atoms with Crippen molar-refractivity contribution in [3.05, 3.63) is 29.3 Å². The molecule has 1 aliphatic rings. The van der Waals surface area contributed by atoms with Crippen molar-refractivity contribution in [3.63, 3.8) is 0 Å². The Balaban J connectivity index is 0.000000271. The number of nitrogens with zero attached hydrogens (tertiary/aromatic N) is 1. The minimum atomic E-state index is -5.62. The molecule has 0 saturated heterocycles. The Labute approximate surface area is 147 Å². The number of hydrogen-bond acceptors (Lipinski definition) is 6. The van der Waals surface area contributed by atoms with E-state index in [0.29, 0.717) is 12.0 Å². The highest BCUT2D eigenvalue weighted by molar-refractivity contribution is 5.90. The normalized spacial score (nSPS) is 15.8. The van der Waals surface area contributed by atoms with Gasteiger partial charge in [-0.25, -0.2) is 9.59 Å². The van der Waals surface area contributed by atoms with Crippen LogP contribution in [0.2, 0.25) is 0 Å². The molecular formula is C15H9F6NO5. The molecule has 0 spiro atoms. The van der Waals surface area contributed by atoms with Crippen molar-refractivity contribution in [2.45, 2.75) is 31.3 Å². The number of alkyl halides is 6. The molecule has 0 radical (unpaired) electrons. The molecule has 0 fully saturated rings. The molecule has 0 amide bonds. The van der Waals surface area contributed by atoms with Crippen LogP contribution in [0.5, 0.6) is 5.75 Å². The minimum Gasteiger partial charge on any atom is -0.475 e. The summed E-state index contributed by atoms with van der Waals surface area (Å²) in [5.41, 5.74) is 1.67. The molecule has 2 rings (SSSR count). The van der Waals surface area contributed by atoms with Crippen LogP contribution in [0.25, 0.3) is 0 Å². The summed E-state index contributed by atoms with van der Waals surface area (Å²) in [5, 5.41) is 8.69. The lowest BCUT2D eigenvalue weighted by Gasteiger charge is -2.21. The van der Waals surface area contributed by atoms with E-state index in [9.17, 15) is 40.7 Å². The average molecular weight is 397 g/mol. The van der Waals surface area contributed by atoms with E-state index in [1.165, 1.54) is 0 Å². The maximum Gasteiger partial charge on any atom is 0.491 e. The predicted molar refractivity (Wildman–Crippen MR) is 73.4 cm³/mol. The molecule has 1 atom stereocenters. The summed E-state index contributed by atoms with van der Waals surface area (Å²) < 4.78 is 75.1. The molecular weight excluding hydrogens is 388 g/mol.